The Morgan fingerprint density at radius 1 is 1.67 bits per heavy atom. The molecule has 0 aromatic heterocycles. The average Bonchev–Trinajstić information content (AvgIpc) is 2.28. The summed E-state index contributed by atoms with van der Waals surface area (Å²) in [6.07, 6.45) is 0.211. The average molecular weight is 251 g/mol. The van der Waals surface area contributed by atoms with E-state index in [1.165, 1.54) is 11.0 Å². The highest BCUT2D eigenvalue weighted by Gasteiger charge is 2.18. The number of nitrogens with two attached hydrogens (primary N) is 1. The number of carboxylic acid groups (broad SMARTS) is 1. The highest BCUT2D eigenvalue weighted by atomic mass is 19.1. The van der Waals surface area contributed by atoms with Crippen molar-refractivity contribution in [3.05, 3.63) is 23.5 Å². The minimum atomic E-state index is -1.21. The van der Waals surface area contributed by atoms with Gasteiger partial charge in [-0.1, -0.05) is 0 Å². The first-order valence-corrected chi connectivity index (χ1v) is 5.30. The lowest BCUT2D eigenvalue weighted by molar-refractivity contribution is 0.0698. The van der Waals surface area contributed by atoms with Gasteiger partial charge in [0.1, 0.15) is 5.82 Å². The van der Waals surface area contributed by atoms with Gasteiger partial charge in [-0.15, -0.1) is 0 Å². The summed E-state index contributed by atoms with van der Waals surface area (Å²) in [6, 6.07) is 3.92. The Morgan fingerprint density at radius 2 is 2.28 bits per heavy atom. The molecule has 1 unspecified atom stereocenters. The van der Waals surface area contributed by atoms with Gasteiger partial charge in [0, 0.05) is 18.8 Å². The SMILES string of the molecule is CC(CC#N)N(C)c1cc(C(=O)O)c(N)cc1F. The molecule has 1 aromatic carbocycles. The van der Waals surface area contributed by atoms with Crippen LogP contribution in [0, 0.1) is 17.1 Å². The molecule has 0 radical (unpaired) electrons. The number of aromatic carboxylic acids is 1. The van der Waals surface area contributed by atoms with Crippen LogP contribution < -0.4 is 10.6 Å². The van der Waals surface area contributed by atoms with Crippen LogP contribution in [0.2, 0.25) is 0 Å². The maximum absolute atomic E-state index is 13.7. The molecule has 3 N–H and O–H groups in total. The number of nitriles is 1. The highest BCUT2D eigenvalue weighted by Crippen LogP contribution is 2.26. The van der Waals surface area contributed by atoms with Gasteiger partial charge in [-0.2, -0.15) is 5.26 Å². The standard InChI is InChI=1S/C12H14FN3O2/c1-7(3-4-14)16(2)11-5-8(12(17)18)10(15)6-9(11)13/h5-7H,3,15H2,1-2H3,(H,17,18). The number of benzene rings is 1. The van der Waals surface area contributed by atoms with Crippen molar-refractivity contribution in [2.45, 2.75) is 19.4 Å². The minimum absolute atomic E-state index is 0.115. The molecular weight excluding hydrogens is 237 g/mol. The Kier molecular flexibility index (Phi) is 4.10. The number of halogens is 1. The van der Waals surface area contributed by atoms with E-state index in [0.717, 1.165) is 6.07 Å². The Balaban J connectivity index is 3.20. The van der Waals surface area contributed by atoms with Gasteiger partial charge in [0.05, 0.1) is 23.7 Å². The van der Waals surface area contributed by atoms with E-state index in [1.54, 1.807) is 14.0 Å². The fourth-order valence-electron chi connectivity index (χ4n) is 1.54. The molecule has 0 aliphatic heterocycles. The van der Waals surface area contributed by atoms with E-state index in [1.807, 2.05) is 6.07 Å². The Bertz CT molecular complexity index is 511. The van der Waals surface area contributed by atoms with Gasteiger partial charge in [-0.3, -0.25) is 0 Å². The van der Waals surface area contributed by atoms with Crippen molar-refractivity contribution in [1.82, 2.24) is 0 Å². The molecule has 0 bridgehead atoms. The maximum Gasteiger partial charge on any atom is 0.337 e. The number of nitrogen functional groups attached to an aromatic ring is 1. The zero-order chi connectivity index (χ0) is 13.9. The Hall–Kier alpha value is -2.29. The monoisotopic (exact) mass is 251 g/mol. The molecule has 0 heterocycles. The second-order valence-electron chi connectivity index (χ2n) is 4.02. The third kappa shape index (κ3) is 2.69. The van der Waals surface area contributed by atoms with Crippen molar-refractivity contribution in [2.75, 3.05) is 17.7 Å². The number of rotatable bonds is 4. The predicted octanol–water partition coefficient (Wildman–Crippen LogP) is 1.84. The van der Waals surface area contributed by atoms with Gasteiger partial charge >= 0.3 is 5.97 Å². The second-order valence-corrected chi connectivity index (χ2v) is 4.02. The lowest BCUT2D eigenvalue weighted by Crippen LogP contribution is -2.29. The van der Waals surface area contributed by atoms with Crippen LogP contribution in [0.4, 0.5) is 15.8 Å². The van der Waals surface area contributed by atoms with Crippen molar-refractivity contribution in [3.63, 3.8) is 0 Å². The number of nitrogens with zero attached hydrogens (tertiary/aromatic N) is 2. The van der Waals surface area contributed by atoms with E-state index in [9.17, 15) is 9.18 Å². The molecular formula is C12H14FN3O2. The van der Waals surface area contributed by atoms with Gasteiger partial charge < -0.3 is 15.7 Å². The van der Waals surface area contributed by atoms with Crippen LogP contribution in [0.25, 0.3) is 0 Å². The van der Waals surface area contributed by atoms with Crippen molar-refractivity contribution in [2.24, 2.45) is 0 Å². The number of anilines is 2. The molecule has 96 valence electrons. The third-order valence-corrected chi connectivity index (χ3v) is 2.78. The van der Waals surface area contributed by atoms with Crippen LogP contribution in [-0.4, -0.2) is 24.2 Å². The summed E-state index contributed by atoms with van der Waals surface area (Å²) in [5, 5.41) is 17.5. The van der Waals surface area contributed by atoms with Crippen LogP contribution in [0.15, 0.2) is 12.1 Å². The largest absolute Gasteiger partial charge is 0.478 e. The lowest BCUT2D eigenvalue weighted by Gasteiger charge is -2.26. The molecule has 0 saturated carbocycles. The number of hydrogen-bond acceptors (Lipinski definition) is 4. The fourth-order valence-corrected chi connectivity index (χ4v) is 1.54. The normalized spacial score (nSPS) is 11.7. The molecule has 1 aromatic rings. The van der Waals surface area contributed by atoms with Gasteiger partial charge in [-0.25, -0.2) is 9.18 Å². The highest BCUT2D eigenvalue weighted by molar-refractivity contribution is 5.95. The summed E-state index contributed by atoms with van der Waals surface area (Å²) in [6.45, 7) is 1.75. The number of hydrogen-bond donors (Lipinski definition) is 2. The molecule has 5 nitrogen and oxygen atoms in total. The van der Waals surface area contributed by atoms with E-state index < -0.39 is 11.8 Å². The first-order chi connectivity index (χ1) is 8.38. The van der Waals surface area contributed by atoms with Crippen LogP contribution >= 0.6 is 0 Å². The molecule has 18 heavy (non-hydrogen) atoms. The second kappa shape index (κ2) is 5.36. The quantitative estimate of drug-likeness (QED) is 0.797. The summed E-state index contributed by atoms with van der Waals surface area (Å²) in [4.78, 5) is 12.4. The summed E-state index contributed by atoms with van der Waals surface area (Å²) in [5.74, 6) is -1.82. The van der Waals surface area contributed by atoms with Crippen LogP contribution in [0.1, 0.15) is 23.7 Å². The molecule has 0 aliphatic rings. The van der Waals surface area contributed by atoms with E-state index in [4.69, 9.17) is 16.1 Å². The fraction of sp³-hybridized carbons (Fsp3) is 0.333. The van der Waals surface area contributed by atoms with E-state index in [-0.39, 0.29) is 29.4 Å². The van der Waals surface area contributed by atoms with Crippen molar-refractivity contribution in [3.8, 4) is 6.07 Å². The van der Waals surface area contributed by atoms with E-state index in [2.05, 4.69) is 0 Å². The molecule has 1 atom stereocenters. The molecule has 1 rings (SSSR count). The van der Waals surface area contributed by atoms with Gasteiger partial charge in [0.25, 0.3) is 0 Å². The molecule has 0 fully saturated rings. The summed E-state index contributed by atoms with van der Waals surface area (Å²) < 4.78 is 13.7. The van der Waals surface area contributed by atoms with Gasteiger partial charge in [0.15, 0.2) is 0 Å². The minimum Gasteiger partial charge on any atom is -0.478 e. The smallest absolute Gasteiger partial charge is 0.337 e. The van der Waals surface area contributed by atoms with Crippen molar-refractivity contribution in [1.29, 1.82) is 5.26 Å². The summed E-state index contributed by atoms with van der Waals surface area (Å²) in [7, 11) is 1.60. The van der Waals surface area contributed by atoms with E-state index >= 15 is 0 Å². The topological polar surface area (TPSA) is 90.3 Å². The number of carbonyl (C=O) groups is 1. The summed E-state index contributed by atoms with van der Waals surface area (Å²) in [5.41, 5.74) is 5.28. The summed E-state index contributed by atoms with van der Waals surface area (Å²) >= 11 is 0. The van der Waals surface area contributed by atoms with Crippen LogP contribution in [0.3, 0.4) is 0 Å². The Morgan fingerprint density at radius 3 is 2.78 bits per heavy atom. The Labute approximate surface area is 104 Å². The molecule has 0 aliphatic carbocycles. The molecule has 6 heteroatoms. The maximum atomic E-state index is 13.7. The lowest BCUT2D eigenvalue weighted by atomic mass is 10.1. The van der Waals surface area contributed by atoms with Crippen molar-refractivity contribution < 1.29 is 14.3 Å². The number of carboxylic acids is 1. The zero-order valence-corrected chi connectivity index (χ0v) is 10.1. The zero-order valence-electron chi connectivity index (χ0n) is 10.1. The van der Waals surface area contributed by atoms with E-state index in [0.29, 0.717) is 0 Å². The first kappa shape index (κ1) is 13.8. The predicted molar refractivity (Wildman–Crippen MR) is 65.9 cm³/mol. The molecule has 0 spiro atoms. The van der Waals surface area contributed by atoms with Crippen molar-refractivity contribution >= 4 is 17.3 Å². The first-order valence-electron chi connectivity index (χ1n) is 5.30. The third-order valence-electron chi connectivity index (χ3n) is 2.78. The molecule has 0 amide bonds. The van der Waals surface area contributed by atoms with Gasteiger partial charge in [-0.05, 0) is 19.1 Å². The van der Waals surface area contributed by atoms with Crippen LogP contribution in [-0.2, 0) is 0 Å². The van der Waals surface area contributed by atoms with Crippen LogP contribution in [0.5, 0.6) is 0 Å². The van der Waals surface area contributed by atoms with Gasteiger partial charge in [0.2, 0.25) is 0 Å². The molecule has 0 saturated heterocycles.